The molecule has 0 heterocycles. The number of nitrogens with two attached hydrogens (primary N) is 1. The summed E-state index contributed by atoms with van der Waals surface area (Å²) >= 11 is 0. The van der Waals surface area contributed by atoms with E-state index in [2.05, 4.69) is 12.2 Å². The highest BCUT2D eigenvalue weighted by atomic mass is 32.1. The highest BCUT2D eigenvalue weighted by Gasteiger charge is 1.86. The molecule has 0 aliphatic rings. The average Bonchev–Trinajstić information content (AvgIpc) is 1.66. The van der Waals surface area contributed by atoms with Crippen molar-refractivity contribution in [1.29, 1.82) is 0 Å². The van der Waals surface area contributed by atoms with Crippen LogP contribution in [0, 0.1) is 0 Å². The first kappa shape index (κ1) is 16.3. The fraction of sp³-hybridized carbons (Fsp3) is 0.800. The maximum atomic E-state index is 9.99. The van der Waals surface area contributed by atoms with E-state index in [9.17, 15) is 4.79 Å². The lowest BCUT2D eigenvalue weighted by molar-refractivity contribution is 0.249. The van der Waals surface area contributed by atoms with E-state index in [0.29, 0.717) is 6.54 Å². The van der Waals surface area contributed by atoms with Gasteiger partial charge in [-0.2, -0.15) is 13.5 Å². The number of carbonyl (C=O) groups is 1. The van der Waals surface area contributed by atoms with Gasteiger partial charge in [0.05, 0.1) is 0 Å². The minimum absolute atomic E-state index is 0. The minimum atomic E-state index is -0.432. The highest BCUT2D eigenvalue weighted by Crippen LogP contribution is 1.80. The Labute approximate surface area is 67.9 Å². The van der Waals surface area contributed by atoms with E-state index in [0.717, 1.165) is 12.8 Å². The molecule has 2 amide bonds. The van der Waals surface area contributed by atoms with Gasteiger partial charge in [-0.3, -0.25) is 0 Å². The molecule has 0 radical (unpaired) electrons. The molecule has 0 aliphatic carbocycles. The van der Waals surface area contributed by atoms with Gasteiger partial charge in [-0.25, -0.2) is 4.79 Å². The van der Waals surface area contributed by atoms with Crippen LogP contribution in [0.15, 0.2) is 0 Å². The van der Waals surface area contributed by atoms with Crippen molar-refractivity contribution in [2.45, 2.75) is 19.8 Å². The van der Waals surface area contributed by atoms with Gasteiger partial charge in [-0.05, 0) is 6.42 Å². The van der Waals surface area contributed by atoms with Crippen LogP contribution in [0.4, 0.5) is 4.79 Å². The summed E-state index contributed by atoms with van der Waals surface area (Å²) in [5.74, 6) is 0. The molecule has 0 saturated carbocycles. The molecule has 4 nitrogen and oxygen atoms in total. The van der Waals surface area contributed by atoms with Gasteiger partial charge in [0.1, 0.15) is 0 Å². The monoisotopic (exact) mass is 168 g/mol. The third-order valence-corrected chi connectivity index (χ3v) is 0.830. The average molecular weight is 168 g/mol. The summed E-state index contributed by atoms with van der Waals surface area (Å²) in [7, 11) is 0. The maximum absolute atomic E-state index is 9.99. The first-order valence-corrected chi connectivity index (χ1v) is 2.80. The maximum Gasteiger partial charge on any atom is 0.312 e. The van der Waals surface area contributed by atoms with E-state index in [1.54, 1.807) is 0 Å². The lowest BCUT2D eigenvalue weighted by atomic mass is 10.3. The molecule has 0 aromatic carbocycles. The summed E-state index contributed by atoms with van der Waals surface area (Å²) in [4.78, 5) is 9.99. The zero-order chi connectivity index (χ0) is 6.41. The van der Waals surface area contributed by atoms with E-state index >= 15 is 0 Å². The number of amides is 2. The molecule has 0 fully saturated rings. The normalized spacial score (nSPS) is 6.90. The second-order valence-electron chi connectivity index (χ2n) is 1.64. The van der Waals surface area contributed by atoms with Gasteiger partial charge in [0.25, 0.3) is 0 Å². The molecule has 0 aliphatic heterocycles. The van der Waals surface area contributed by atoms with Crippen molar-refractivity contribution < 1.29 is 10.3 Å². The first-order chi connectivity index (χ1) is 3.77. The van der Waals surface area contributed by atoms with Crippen LogP contribution in [0.5, 0.6) is 0 Å². The lowest BCUT2D eigenvalue weighted by Crippen LogP contribution is -2.29. The molecule has 0 rings (SSSR count). The van der Waals surface area contributed by atoms with Crippen LogP contribution in [0.3, 0.4) is 0 Å². The summed E-state index contributed by atoms with van der Waals surface area (Å²) in [6.45, 7) is 2.76. The van der Waals surface area contributed by atoms with Crippen molar-refractivity contribution in [2.75, 3.05) is 6.54 Å². The zero-order valence-electron chi connectivity index (χ0n) is 6.11. The smallest absolute Gasteiger partial charge is 0.312 e. The summed E-state index contributed by atoms with van der Waals surface area (Å²) < 4.78 is 0. The Bertz CT molecular complexity index is 80.0. The van der Waals surface area contributed by atoms with Gasteiger partial charge in [-0.15, -0.1) is 0 Å². The minimum Gasteiger partial charge on any atom is -0.412 e. The van der Waals surface area contributed by atoms with Gasteiger partial charge in [0, 0.05) is 6.54 Å². The first-order valence-electron chi connectivity index (χ1n) is 2.80. The van der Waals surface area contributed by atoms with Crippen molar-refractivity contribution in [3.05, 3.63) is 0 Å². The van der Waals surface area contributed by atoms with Crippen LogP contribution in [0.1, 0.15) is 19.8 Å². The summed E-state index contributed by atoms with van der Waals surface area (Å²) in [5, 5.41) is 2.49. The number of unbranched alkanes of at least 4 members (excludes halogenated alkanes) is 1. The SMILES string of the molecule is CCCCNC(N)=O.O.S. The second kappa shape index (κ2) is 11.4. The third kappa shape index (κ3) is 15.6. The summed E-state index contributed by atoms with van der Waals surface area (Å²) in [5.41, 5.74) is 4.78. The largest absolute Gasteiger partial charge is 0.412 e. The molecule has 0 aromatic rings. The molecule has 0 bridgehead atoms. The Morgan fingerprint density at radius 2 is 2.10 bits per heavy atom. The van der Waals surface area contributed by atoms with Crippen molar-refractivity contribution in [2.24, 2.45) is 5.73 Å². The summed E-state index contributed by atoms with van der Waals surface area (Å²) in [6.07, 6.45) is 2.09. The van der Waals surface area contributed by atoms with Gasteiger partial charge in [0.15, 0.2) is 0 Å². The van der Waals surface area contributed by atoms with E-state index in [1.165, 1.54) is 0 Å². The molecule has 0 unspecified atom stereocenters. The zero-order valence-corrected chi connectivity index (χ0v) is 7.11. The molecule has 5 heteroatoms. The number of rotatable bonds is 3. The van der Waals surface area contributed by atoms with Gasteiger partial charge < -0.3 is 16.5 Å². The van der Waals surface area contributed by atoms with Crippen LogP contribution in [-0.2, 0) is 0 Å². The highest BCUT2D eigenvalue weighted by molar-refractivity contribution is 7.59. The van der Waals surface area contributed by atoms with Crippen molar-refractivity contribution >= 4 is 19.5 Å². The molecule has 10 heavy (non-hydrogen) atoms. The summed E-state index contributed by atoms with van der Waals surface area (Å²) in [6, 6.07) is -0.432. The van der Waals surface area contributed by atoms with Crippen molar-refractivity contribution in [3.63, 3.8) is 0 Å². The number of nitrogens with one attached hydrogen (secondary N) is 1. The van der Waals surface area contributed by atoms with Crippen LogP contribution in [-0.4, -0.2) is 18.1 Å². The number of hydrogen-bond donors (Lipinski definition) is 2. The molecule has 0 spiro atoms. The van der Waals surface area contributed by atoms with Crippen LogP contribution in [0.2, 0.25) is 0 Å². The van der Waals surface area contributed by atoms with Gasteiger partial charge >= 0.3 is 6.03 Å². The lowest BCUT2D eigenvalue weighted by Gasteiger charge is -1.96. The van der Waals surface area contributed by atoms with Gasteiger partial charge in [0.2, 0.25) is 0 Å². The number of carbonyl (C=O) groups excluding carboxylic acids is 1. The molecule has 0 aromatic heterocycles. The number of primary amides is 1. The topological polar surface area (TPSA) is 86.6 Å². The third-order valence-electron chi connectivity index (χ3n) is 0.830. The van der Waals surface area contributed by atoms with E-state index in [1.807, 2.05) is 0 Å². The second-order valence-corrected chi connectivity index (χ2v) is 1.64. The Balaban J connectivity index is -0.000000245. The number of urea groups is 1. The predicted molar refractivity (Wildman–Crippen MR) is 46.5 cm³/mol. The quantitative estimate of drug-likeness (QED) is 0.559. The van der Waals surface area contributed by atoms with E-state index in [-0.39, 0.29) is 19.0 Å². The Morgan fingerprint density at radius 3 is 2.40 bits per heavy atom. The van der Waals surface area contributed by atoms with Crippen LogP contribution < -0.4 is 11.1 Å². The molecule has 0 saturated heterocycles. The predicted octanol–water partition coefficient (Wildman–Crippen LogP) is -0.257. The van der Waals surface area contributed by atoms with Crippen LogP contribution >= 0.6 is 13.5 Å². The van der Waals surface area contributed by atoms with E-state index < -0.39 is 6.03 Å². The number of hydrogen-bond acceptors (Lipinski definition) is 1. The molecule has 5 N–H and O–H groups in total. The molecule has 64 valence electrons. The Morgan fingerprint density at radius 1 is 1.60 bits per heavy atom. The standard InChI is InChI=1S/C5H12N2O.H2O.H2S/c1-2-3-4-7-5(6)8;;/h2-4H2,1H3,(H3,6,7,8);2*1H2. The fourth-order valence-electron chi connectivity index (χ4n) is 0.388. The Hall–Kier alpha value is -0.420. The van der Waals surface area contributed by atoms with Crippen molar-refractivity contribution in [1.82, 2.24) is 5.32 Å². The van der Waals surface area contributed by atoms with E-state index in [4.69, 9.17) is 5.73 Å². The fourth-order valence-corrected chi connectivity index (χ4v) is 0.388. The molecular formula is C5H16N2O2S. The Kier molecular flexibility index (Phi) is 18.5. The molecular weight excluding hydrogens is 152 g/mol. The molecule has 0 atom stereocenters. The van der Waals surface area contributed by atoms with Crippen molar-refractivity contribution in [3.8, 4) is 0 Å². The van der Waals surface area contributed by atoms with Crippen LogP contribution in [0.25, 0.3) is 0 Å². The van der Waals surface area contributed by atoms with Gasteiger partial charge in [-0.1, -0.05) is 13.3 Å².